The average molecular weight is 240 g/mol. The molecule has 3 amide bonds. The van der Waals surface area contributed by atoms with Gasteiger partial charge in [-0.2, -0.15) is 0 Å². The van der Waals surface area contributed by atoms with E-state index in [1.54, 1.807) is 0 Å². The maximum Gasteiger partial charge on any atom is 0.321 e. The third-order valence-corrected chi connectivity index (χ3v) is 3.78. The van der Waals surface area contributed by atoms with Gasteiger partial charge in [-0.05, 0) is 25.8 Å². The molecular formula is C11H20N4O2. The van der Waals surface area contributed by atoms with Crippen LogP contribution in [0.25, 0.3) is 0 Å². The van der Waals surface area contributed by atoms with Crippen molar-refractivity contribution in [1.29, 1.82) is 0 Å². The molecular weight excluding hydrogens is 220 g/mol. The van der Waals surface area contributed by atoms with Gasteiger partial charge in [-0.1, -0.05) is 0 Å². The normalized spacial score (nSPS) is 29.8. The molecule has 2 aliphatic heterocycles. The predicted octanol–water partition coefficient (Wildman–Crippen LogP) is -0.876. The molecule has 1 unspecified atom stereocenters. The van der Waals surface area contributed by atoms with E-state index in [4.69, 9.17) is 0 Å². The lowest BCUT2D eigenvalue weighted by Gasteiger charge is -2.23. The molecule has 0 radical (unpaired) electrons. The third kappa shape index (κ3) is 2.58. The number of hydrogen-bond acceptors (Lipinski definition) is 4. The lowest BCUT2D eigenvalue weighted by atomic mass is 10.1. The monoisotopic (exact) mass is 240 g/mol. The third-order valence-electron chi connectivity index (χ3n) is 3.78. The number of nitrogens with zero attached hydrogens (tertiary/aromatic N) is 1. The van der Waals surface area contributed by atoms with Crippen LogP contribution in [0.15, 0.2) is 0 Å². The van der Waals surface area contributed by atoms with Gasteiger partial charge in [0.15, 0.2) is 0 Å². The van der Waals surface area contributed by atoms with Gasteiger partial charge >= 0.3 is 6.03 Å². The first-order valence-electron chi connectivity index (χ1n) is 6.12. The summed E-state index contributed by atoms with van der Waals surface area (Å²) in [5.74, 6) is 0.426. The molecule has 0 aromatic heterocycles. The first-order chi connectivity index (χ1) is 8.11. The molecule has 6 heteroatoms. The van der Waals surface area contributed by atoms with Gasteiger partial charge in [0.1, 0.15) is 0 Å². The lowest BCUT2D eigenvalue weighted by Crippen LogP contribution is -2.49. The topological polar surface area (TPSA) is 73.5 Å². The zero-order chi connectivity index (χ0) is 12.4. The first kappa shape index (κ1) is 12.3. The highest BCUT2D eigenvalue weighted by molar-refractivity contribution is 5.96. The van der Waals surface area contributed by atoms with Crippen LogP contribution in [0.2, 0.25) is 0 Å². The van der Waals surface area contributed by atoms with Gasteiger partial charge in [0, 0.05) is 26.2 Å². The van der Waals surface area contributed by atoms with E-state index in [0.717, 1.165) is 19.6 Å². The summed E-state index contributed by atoms with van der Waals surface area (Å²) < 4.78 is 0. The van der Waals surface area contributed by atoms with E-state index < -0.39 is 6.03 Å². The van der Waals surface area contributed by atoms with Crippen molar-refractivity contribution in [2.24, 2.45) is 5.92 Å². The molecule has 2 heterocycles. The molecule has 0 aromatic carbocycles. The lowest BCUT2D eigenvalue weighted by molar-refractivity contribution is -0.124. The molecule has 2 saturated heterocycles. The second-order valence-electron chi connectivity index (χ2n) is 4.81. The van der Waals surface area contributed by atoms with E-state index >= 15 is 0 Å². The maximum atomic E-state index is 11.8. The van der Waals surface area contributed by atoms with E-state index in [-0.39, 0.29) is 11.9 Å². The minimum absolute atomic E-state index is 0.232. The fourth-order valence-electron chi connectivity index (χ4n) is 2.64. The van der Waals surface area contributed by atoms with E-state index in [1.807, 2.05) is 6.92 Å². The second kappa shape index (κ2) is 5.01. The molecule has 0 aromatic rings. The van der Waals surface area contributed by atoms with Crippen molar-refractivity contribution in [3.8, 4) is 0 Å². The standard InChI is InChI=1S/C11H20N4O2/c1-7(10(16)14-11(17)12-2)15-5-8-3-4-13-9(8)6-15/h7-9,13H,3-6H2,1-2H3,(H2,12,14,16,17)/t7?,8-,9+/m0/s1. The Balaban J connectivity index is 1.86. The maximum absolute atomic E-state index is 11.8. The Morgan fingerprint density at radius 3 is 2.82 bits per heavy atom. The van der Waals surface area contributed by atoms with Gasteiger partial charge in [-0.25, -0.2) is 4.79 Å². The smallest absolute Gasteiger partial charge is 0.321 e. The molecule has 3 atom stereocenters. The zero-order valence-corrected chi connectivity index (χ0v) is 10.3. The Hall–Kier alpha value is -1.14. The highest BCUT2D eigenvalue weighted by Gasteiger charge is 2.39. The fraction of sp³-hybridized carbons (Fsp3) is 0.818. The molecule has 6 nitrogen and oxygen atoms in total. The summed E-state index contributed by atoms with van der Waals surface area (Å²) in [6.07, 6.45) is 1.19. The van der Waals surface area contributed by atoms with Crippen LogP contribution in [0.4, 0.5) is 4.79 Å². The van der Waals surface area contributed by atoms with E-state index in [0.29, 0.717) is 12.0 Å². The molecule has 2 rings (SSSR count). The van der Waals surface area contributed by atoms with Crippen molar-refractivity contribution in [1.82, 2.24) is 20.9 Å². The fourth-order valence-corrected chi connectivity index (χ4v) is 2.64. The van der Waals surface area contributed by atoms with Crippen molar-refractivity contribution in [3.05, 3.63) is 0 Å². The van der Waals surface area contributed by atoms with Crippen LogP contribution in [0, 0.1) is 5.92 Å². The number of imide groups is 1. The number of carbonyl (C=O) groups excluding carboxylic acids is 2. The van der Waals surface area contributed by atoms with Crippen LogP contribution < -0.4 is 16.0 Å². The van der Waals surface area contributed by atoms with Crippen molar-refractivity contribution in [2.45, 2.75) is 25.4 Å². The van der Waals surface area contributed by atoms with Crippen LogP contribution in [0.1, 0.15) is 13.3 Å². The Morgan fingerprint density at radius 1 is 1.41 bits per heavy atom. The summed E-state index contributed by atoms with van der Waals surface area (Å²) >= 11 is 0. The van der Waals surface area contributed by atoms with Gasteiger partial charge < -0.3 is 10.6 Å². The van der Waals surface area contributed by atoms with Crippen molar-refractivity contribution >= 4 is 11.9 Å². The first-order valence-corrected chi connectivity index (χ1v) is 6.12. The quantitative estimate of drug-likeness (QED) is 0.586. The second-order valence-corrected chi connectivity index (χ2v) is 4.81. The number of amides is 3. The summed E-state index contributed by atoms with van der Waals surface area (Å²) in [7, 11) is 1.50. The van der Waals surface area contributed by atoms with Gasteiger partial charge in [-0.3, -0.25) is 15.0 Å². The number of nitrogens with one attached hydrogen (secondary N) is 3. The van der Waals surface area contributed by atoms with E-state index in [2.05, 4.69) is 20.9 Å². The number of rotatable bonds is 2. The highest BCUT2D eigenvalue weighted by atomic mass is 16.2. The zero-order valence-electron chi connectivity index (χ0n) is 10.3. The Labute approximate surface area is 101 Å². The average Bonchev–Trinajstić information content (AvgIpc) is 2.87. The summed E-state index contributed by atoms with van der Waals surface area (Å²) in [5, 5.41) is 8.14. The van der Waals surface area contributed by atoms with Crippen molar-refractivity contribution < 1.29 is 9.59 Å². The number of fused-ring (bicyclic) bond motifs is 1. The molecule has 0 bridgehead atoms. The number of likely N-dealkylation sites (tertiary alicyclic amines) is 1. The van der Waals surface area contributed by atoms with E-state index in [1.165, 1.54) is 13.5 Å². The molecule has 2 aliphatic rings. The van der Waals surface area contributed by atoms with Crippen LogP contribution in [0.3, 0.4) is 0 Å². The molecule has 96 valence electrons. The predicted molar refractivity (Wildman–Crippen MR) is 63.5 cm³/mol. The highest BCUT2D eigenvalue weighted by Crippen LogP contribution is 2.25. The van der Waals surface area contributed by atoms with Crippen LogP contribution in [-0.4, -0.2) is 55.6 Å². The SMILES string of the molecule is CNC(=O)NC(=O)C(C)N1C[C@@H]2CCN[C@@H]2C1. The molecule has 0 saturated carbocycles. The minimum Gasteiger partial charge on any atom is -0.341 e. The largest absolute Gasteiger partial charge is 0.341 e. The van der Waals surface area contributed by atoms with Gasteiger partial charge in [-0.15, -0.1) is 0 Å². The Morgan fingerprint density at radius 2 is 2.18 bits per heavy atom. The van der Waals surface area contributed by atoms with Crippen LogP contribution >= 0.6 is 0 Å². The van der Waals surface area contributed by atoms with Crippen LogP contribution in [0.5, 0.6) is 0 Å². The number of hydrogen-bond donors (Lipinski definition) is 3. The van der Waals surface area contributed by atoms with Gasteiger partial charge in [0.2, 0.25) is 5.91 Å². The van der Waals surface area contributed by atoms with Gasteiger partial charge in [0.25, 0.3) is 0 Å². The molecule has 0 spiro atoms. The Bertz CT molecular complexity index is 309. The Kier molecular flexibility index (Phi) is 3.63. The molecule has 0 aliphatic carbocycles. The number of carbonyl (C=O) groups is 2. The van der Waals surface area contributed by atoms with Crippen molar-refractivity contribution in [3.63, 3.8) is 0 Å². The van der Waals surface area contributed by atoms with Crippen molar-refractivity contribution in [2.75, 3.05) is 26.7 Å². The van der Waals surface area contributed by atoms with E-state index in [9.17, 15) is 9.59 Å². The summed E-state index contributed by atoms with van der Waals surface area (Å²) in [6.45, 7) is 4.77. The van der Waals surface area contributed by atoms with Gasteiger partial charge in [0.05, 0.1) is 6.04 Å². The van der Waals surface area contributed by atoms with Crippen LogP contribution in [-0.2, 0) is 4.79 Å². The minimum atomic E-state index is -0.445. The summed E-state index contributed by atoms with van der Waals surface area (Å²) in [4.78, 5) is 25.0. The summed E-state index contributed by atoms with van der Waals surface area (Å²) in [5.41, 5.74) is 0. The molecule has 2 fully saturated rings. The number of urea groups is 1. The molecule has 17 heavy (non-hydrogen) atoms. The molecule has 3 N–H and O–H groups in total. The summed E-state index contributed by atoms with van der Waals surface area (Å²) in [6, 6.07) is -0.177.